The second-order valence-corrected chi connectivity index (χ2v) is 4.42. The first kappa shape index (κ1) is 11.9. The summed E-state index contributed by atoms with van der Waals surface area (Å²) in [5, 5.41) is 3.08. The number of hydrogen-bond donors (Lipinski definition) is 2. The van der Waals surface area contributed by atoms with Gasteiger partial charge in [0.15, 0.2) is 0 Å². The summed E-state index contributed by atoms with van der Waals surface area (Å²) in [4.78, 5) is 3.92. The van der Waals surface area contributed by atoms with Gasteiger partial charge in [-0.25, -0.2) is 4.39 Å². The van der Waals surface area contributed by atoms with E-state index in [0.717, 1.165) is 5.56 Å². The molecule has 2 aromatic rings. The molecule has 0 amide bonds. The van der Waals surface area contributed by atoms with Crippen LogP contribution in [-0.2, 0) is 6.54 Å². The maximum absolute atomic E-state index is 13.3. The lowest BCUT2D eigenvalue weighted by molar-refractivity contribution is 0.622. The van der Waals surface area contributed by atoms with Gasteiger partial charge in [-0.1, -0.05) is 0 Å². The molecule has 1 heterocycles. The highest BCUT2D eigenvalue weighted by molar-refractivity contribution is 9.10. The van der Waals surface area contributed by atoms with Crippen LogP contribution < -0.4 is 11.1 Å². The molecule has 0 spiro atoms. The van der Waals surface area contributed by atoms with Gasteiger partial charge in [0, 0.05) is 25.0 Å². The molecule has 0 fully saturated rings. The summed E-state index contributed by atoms with van der Waals surface area (Å²) in [5.74, 6) is -0.337. The van der Waals surface area contributed by atoms with Crippen molar-refractivity contribution in [2.24, 2.45) is 0 Å². The van der Waals surface area contributed by atoms with Gasteiger partial charge in [0.25, 0.3) is 0 Å². The van der Waals surface area contributed by atoms with Crippen LogP contribution in [0, 0.1) is 5.82 Å². The third-order valence-electron chi connectivity index (χ3n) is 2.32. The van der Waals surface area contributed by atoms with Crippen LogP contribution in [0.25, 0.3) is 0 Å². The molecule has 0 aliphatic heterocycles. The molecule has 0 bridgehead atoms. The molecule has 1 aromatic heterocycles. The molecular weight excluding hydrogens is 285 g/mol. The summed E-state index contributed by atoms with van der Waals surface area (Å²) < 4.78 is 13.7. The van der Waals surface area contributed by atoms with Crippen molar-refractivity contribution in [1.82, 2.24) is 4.98 Å². The van der Waals surface area contributed by atoms with Crippen molar-refractivity contribution in [2.45, 2.75) is 6.54 Å². The highest BCUT2D eigenvalue weighted by Gasteiger charge is 2.05. The van der Waals surface area contributed by atoms with Crippen molar-refractivity contribution < 1.29 is 4.39 Å². The second kappa shape index (κ2) is 5.14. The minimum Gasteiger partial charge on any atom is -0.397 e. The molecule has 5 heteroatoms. The number of nitrogens with one attached hydrogen (secondary N) is 1. The Morgan fingerprint density at radius 3 is 2.71 bits per heavy atom. The molecule has 3 nitrogen and oxygen atoms in total. The number of aromatic nitrogens is 1. The molecule has 0 radical (unpaired) electrons. The third-order valence-corrected chi connectivity index (χ3v) is 2.93. The van der Waals surface area contributed by atoms with Crippen molar-refractivity contribution in [3.63, 3.8) is 0 Å². The van der Waals surface area contributed by atoms with Crippen LogP contribution in [0.2, 0.25) is 0 Å². The molecule has 0 aliphatic rings. The number of halogens is 2. The van der Waals surface area contributed by atoms with E-state index in [4.69, 9.17) is 5.73 Å². The molecule has 0 atom stereocenters. The van der Waals surface area contributed by atoms with Crippen molar-refractivity contribution in [1.29, 1.82) is 0 Å². The first-order chi connectivity index (χ1) is 8.16. The summed E-state index contributed by atoms with van der Waals surface area (Å²) >= 11 is 3.09. The summed E-state index contributed by atoms with van der Waals surface area (Å²) in [6.07, 6.45) is 3.42. The van der Waals surface area contributed by atoms with Crippen LogP contribution in [0.4, 0.5) is 15.8 Å². The van der Waals surface area contributed by atoms with Crippen LogP contribution in [-0.4, -0.2) is 4.98 Å². The molecule has 0 saturated heterocycles. The van der Waals surface area contributed by atoms with E-state index >= 15 is 0 Å². The first-order valence-corrected chi connectivity index (χ1v) is 5.83. The molecule has 17 heavy (non-hydrogen) atoms. The summed E-state index contributed by atoms with van der Waals surface area (Å²) in [6.45, 7) is 0.577. The van der Waals surface area contributed by atoms with Gasteiger partial charge in [-0.05, 0) is 39.7 Å². The van der Waals surface area contributed by atoms with E-state index in [-0.39, 0.29) is 5.82 Å². The fourth-order valence-electron chi connectivity index (χ4n) is 1.41. The second-order valence-electron chi connectivity index (χ2n) is 3.56. The van der Waals surface area contributed by atoms with Gasteiger partial charge in [0.05, 0.1) is 15.8 Å². The molecule has 1 aromatic carbocycles. The Labute approximate surface area is 107 Å². The predicted molar refractivity (Wildman–Crippen MR) is 70.1 cm³/mol. The van der Waals surface area contributed by atoms with Gasteiger partial charge in [-0.3, -0.25) is 4.98 Å². The zero-order valence-corrected chi connectivity index (χ0v) is 10.5. The van der Waals surface area contributed by atoms with Gasteiger partial charge in [0.2, 0.25) is 0 Å². The van der Waals surface area contributed by atoms with Crippen molar-refractivity contribution in [3.05, 3.63) is 52.5 Å². The number of benzene rings is 1. The van der Waals surface area contributed by atoms with Gasteiger partial charge in [0.1, 0.15) is 5.82 Å². The standard InChI is InChI=1S/C12H11BrFN3/c13-9-5-11(15)12(6-10(9)14)17-7-8-1-3-16-4-2-8/h1-6,17H,7,15H2. The number of rotatable bonds is 3. The largest absolute Gasteiger partial charge is 0.397 e. The lowest BCUT2D eigenvalue weighted by Crippen LogP contribution is -2.03. The molecule has 2 rings (SSSR count). The lowest BCUT2D eigenvalue weighted by Gasteiger charge is -2.10. The number of nitrogens with zero attached hydrogens (tertiary/aromatic N) is 1. The van der Waals surface area contributed by atoms with Gasteiger partial charge >= 0.3 is 0 Å². The minimum atomic E-state index is -0.337. The highest BCUT2D eigenvalue weighted by atomic mass is 79.9. The van der Waals surface area contributed by atoms with E-state index in [1.54, 1.807) is 18.5 Å². The normalized spacial score (nSPS) is 10.2. The fraction of sp³-hybridized carbons (Fsp3) is 0.0833. The van der Waals surface area contributed by atoms with E-state index in [1.165, 1.54) is 6.07 Å². The monoisotopic (exact) mass is 295 g/mol. The number of nitrogens with two attached hydrogens (primary N) is 1. The van der Waals surface area contributed by atoms with E-state index in [2.05, 4.69) is 26.2 Å². The topological polar surface area (TPSA) is 50.9 Å². The Morgan fingerprint density at radius 2 is 2.00 bits per heavy atom. The molecule has 88 valence electrons. The van der Waals surface area contributed by atoms with Crippen LogP contribution in [0.5, 0.6) is 0 Å². The number of anilines is 2. The van der Waals surface area contributed by atoms with Gasteiger partial charge < -0.3 is 11.1 Å². The molecular formula is C12H11BrFN3. The Morgan fingerprint density at radius 1 is 1.29 bits per heavy atom. The Bertz CT molecular complexity index is 517. The van der Waals surface area contributed by atoms with Crippen molar-refractivity contribution >= 4 is 27.3 Å². The van der Waals surface area contributed by atoms with Crippen LogP contribution >= 0.6 is 15.9 Å². The van der Waals surface area contributed by atoms with E-state index in [1.807, 2.05) is 12.1 Å². The van der Waals surface area contributed by atoms with E-state index in [9.17, 15) is 4.39 Å². The predicted octanol–water partition coefficient (Wildman–Crippen LogP) is 3.18. The summed E-state index contributed by atoms with van der Waals surface area (Å²) in [5.41, 5.74) is 7.93. The average Bonchev–Trinajstić information content (AvgIpc) is 2.33. The minimum absolute atomic E-state index is 0.337. The Hall–Kier alpha value is -1.62. The van der Waals surface area contributed by atoms with Crippen LogP contribution in [0.15, 0.2) is 41.1 Å². The summed E-state index contributed by atoms with van der Waals surface area (Å²) in [7, 11) is 0. The van der Waals surface area contributed by atoms with E-state index < -0.39 is 0 Å². The Balaban J connectivity index is 2.12. The molecule has 0 aliphatic carbocycles. The highest BCUT2D eigenvalue weighted by Crippen LogP contribution is 2.26. The summed E-state index contributed by atoms with van der Waals surface area (Å²) in [6, 6.07) is 6.70. The molecule has 3 N–H and O–H groups in total. The van der Waals surface area contributed by atoms with Crippen molar-refractivity contribution in [2.75, 3.05) is 11.1 Å². The SMILES string of the molecule is Nc1cc(Br)c(F)cc1NCc1ccncc1. The zero-order chi connectivity index (χ0) is 12.3. The third kappa shape index (κ3) is 2.94. The quantitative estimate of drug-likeness (QED) is 0.855. The van der Waals surface area contributed by atoms with Gasteiger partial charge in [-0.15, -0.1) is 0 Å². The van der Waals surface area contributed by atoms with Crippen molar-refractivity contribution in [3.8, 4) is 0 Å². The smallest absolute Gasteiger partial charge is 0.139 e. The number of hydrogen-bond acceptors (Lipinski definition) is 3. The number of nitrogen functional groups attached to an aromatic ring is 1. The van der Waals surface area contributed by atoms with E-state index in [0.29, 0.717) is 22.4 Å². The Kier molecular flexibility index (Phi) is 3.58. The van der Waals surface area contributed by atoms with Crippen LogP contribution in [0.1, 0.15) is 5.56 Å². The fourth-order valence-corrected chi connectivity index (χ4v) is 1.77. The maximum Gasteiger partial charge on any atom is 0.139 e. The molecule has 0 saturated carbocycles. The van der Waals surface area contributed by atoms with Gasteiger partial charge in [-0.2, -0.15) is 0 Å². The maximum atomic E-state index is 13.3. The average molecular weight is 296 g/mol. The van der Waals surface area contributed by atoms with Crippen LogP contribution in [0.3, 0.4) is 0 Å². The zero-order valence-electron chi connectivity index (χ0n) is 8.95. The lowest BCUT2D eigenvalue weighted by atomic mass is 10.2. The molecule has 0 unspecified atom stereocenters. The first-order valence-electron chi connectivity index (χ1n) is 5.04. The number of pyridine rings is 1.